The average Bonchev–Trinajstić information content (AvgIpc) is 3.35. The van der Waals surface area contributed by atoms with E-state index < -0.39 is 0 Å². The van der Waals surface area contributed by atoms with Crippen LogP contribution in [0.2, 0.25) is 0 Å². The summed E-state index contributed by atoms with van der Waals surface area (Å²) in [7, 11) is 3.54. The van der Waals surface area contributed by atoms with Crippen molar-refractivity contribution in [1.29, 1.82) is 0 Å². The van der Waals surface area contributed by atoms with Gasteiger partial charge in [-0.1, -0.05) is 18.2 Å². The third kappa shape index (κ3) is 3.30. The summed E-state index contributed by atoms with van der Waals surface area (Å²) >= 11 is 0. The second-order valence-electron chi connectivity index (χ2n) is 7.26. The predicted molar refractivity (Wildman–Crippen MR) is 117 cm³/mol. The molecule has 0 saturated heterocycles. The Kier molecular flexibility index (Phi) is 5.13. The standard InChI is InChI=1S/C23H26N4O2/c1-13-9-14(2)25-19(13)10-20-23(29-4)17(12-28)22(27-20)21-16(11-24-3)15-7-5-6-8-18(15)26-21/h5-10,24-26,28H,11-12H2,1-4H3. The van der Waals surface area contributed by atoms with Gasteiger partial charge in [-0.25, -0.2) is 4.99 Å². The molecule has 3 aromatic rings. The molecule has 0 unspecified atom stereocenters. The van der Waals surface area contributed by atoms with Gasteiger partial charge in [0.2, 0.25) is 0 Å². The maximum Gasteiger partial charge on any atom is 0.152 e. The summed E-state index contributed by atoms with van der Waals surface area (Å²) in [4.78, 5) is 11.7. The lowest BCUT2D eigenvalue weighted by molar-refractivity contribution is 0.283. The number of hydrogen-bond donors (Lipinski definition) is 4. The van der Waals surface area contributed by atoms with E-state index in [1.165, 1.54) is 0 Å². The van der Waals surface area contributed by atoms with Crippen LogP contribution in [0.15, 0.2) is 52.4 Å². The number of aromatic nitrogens is 2. The summed E-state index contributed by atoms with van der Waals surface area (Å²) in [5.74, 6) is 0.600. The third-order valence-corrected chi connectivity index (χ3v) is 5.26. The zero-order valence-electron chi connectivity index (χ0n) is 17.2. The smallest absolute Gasteiger partial charge is 0.152 e. The van der Waals surface area contributed by atoms with Crippen LogP contribution in [-0.2, 0) is 11.3 Å². The van der Waals surface area contributed by atoms with Crippen molar-refractivity contribution in [3.63, 3.8) is 0 Å². The summed E-state index contributed by atoms with van der Waals surface area (Å²) in [6.07, 6.45) is 1.98. The first-order chi connectivity index (χ1) is 14.1. The second kappa shape index (κ2) is 7.73. The Hall–Kier alpha value is -3.09. The number of methoxy groups -OCH3 is 1. The van der Waals surface area contributed by atoms with Gasteiger partial charge in [0, 0.05) is 40.0 Å². The molecular formula is C23H26N4O2. The van der Waals surface area contributed by atoms with Gasteiger partial charge in [0.05, 0.1) is 25.1 Å². The molecule has 3 heterocycles. The summed E-state index contributed by atoms with van der Waals surface area (Å²) < 4.78 is 5.67. The SMILES string of the molecule is CNCc1c(C2=NC(=Cc3[nH]c(C)cc3C)C(OC)=C2CO)[nH]c2ccccc12. The first-order valence-electron chi connectivity index (χ1n) is 9.67. The van der Waals surface area contributed by atoms with Gasteiger partial charge in [-0.3, -0.25) is 0 Å². The molecule has 2 aromatic heterocycles. The maximum atomic E-state index is 10.2. The Morgan fingerprint density at radius 2 is 2.00 bits per heavy atom. The average molecular weight is 390 g/mol. The normalized spacial score (nSPS) is 15.6. The fourth-order valence-electron chi connectivity index (χ4n) is 3.98. The summed E-state index contributed by atoms with van der Waals surface area (Å²) in [6, 6.07) is 10.3. The number of ether oxygens (including phenoxy) is 1. The fourth-order valence-corrected chi connectivity index (χ4v) is 3.98. The van der Waals surface area contributed by atoms with Gasteiger partial charge < -0.3 is 25.1 Å². The van der Waals surface area contributed by atoms with Crippen molar-refractivity contribution < 1.29 is 9.84 Å². The minimum absolute atomic E-state index is 0.156. The van der Waals surface area contributed by atoms with Crippen LogP contribution in [0.1, 0.15) is 28.2 Å². The number of aryl methyl sites for hydroxylation is 2. The Morgan fingerprint density at radius 3 is 2.66 bits per heavy atom. The molecule has 0 bridgehead atoms. The number of aliphatic hydroxyl groups excluding tert-OH is 1. The van der Waals surface area contributed by atoms with Gasteiger partial charge in [0.1, 0.15) is 5.70 Å². The van der Waals surface area contributed by atoms with Crippen molar-refractivity contribution in [3.8, 4) is 0 Å². The van der Waals surface area contributed by atoms with Gasteiger partial charge in [-0.05, 0) is 44.7 Å². The van der Waals surface area contributed by atoms with Crippen molar-refractivity contribution in [1.82, 2.24) is 15.3 Å². The lowest BCUT2D eigenvalue weighted by atomic mass is 10.0. The van der Waals surface area contributed by atoms with Crippen molar-refractivity contribution in [2.75, 3.05) is 20.8 Å². The largest absolute Gasteiger partial charge is 0.494 e. The van der Waals surface area contributed by atoms with Crippen molar-refractivity contribution in [2.45, 2.75) is 20.4 Å². The fraction of sp³-hybridized carbons (Fsp3) is 0.261. The molecule has 0 saturated carbocycles. The Bertz CT molecular complexity index is 1160. The summed E-state index contributed by atoms with van der Waals surface area (Å²) in [6.45, 7) is 4.62. The van der Waals surface area contributed by atoms with Crippen LogP contribution in [0.25, 0.3) is 17.0 Å². The van der Waals surface area contributed by atoms with Crippen LogP contribution in [0.4, 0.5) is 0 Å². The third-order valence-electron chi connectivity index (χ3n) is 5.26. The minimum atomic E-state index is -0.156. The molecule has 0 amide bonds. The van der Waals surface area contributed by atoms with Crippen LogP contribution in [0.5, 0.6) is 0 Å². The van der Waals surface area contributed by atoms with E-state index in [0.29, 0.717) is 23.6 Å². The van der Waals surface area contributed by atoms with Gasteiger partial charge in [-0.2, -0.15) is 0 Å². The zero-order chi connectivity index (χ0) is 20.5. The molecule has 0 fully saturated rings. The highest BCUT2D eigenvalue weighted by Gasteiger charge is 2.29. The molecule has 29 heavy (non-hydrogen) atoms. The lowest BCUT2D eigenvalue weighted by Crippen LogP contribution is -2.13. The van der Waals surface area contributed by atoms with E-state index >= 15 is 0 Å². The number of aliphatic imine (C=N–C) groups is 1. The summed E-state index contributed by atoms with van der Waals surface area (Å²) in [5, 5.41) is 14.5. The summed E-state index contributed by atoms with van der Waals surface area (Å²) in [5.41, 5.74) is 8.39. The highest BCUT2D eigenvalue weighted by molar-refractivity contribution is 6.18. The molecule has 1 aliphatic rings. The number of para-hydroxylation sites is 1. The van der Waals surface area contributed by atoms with E-state index in [1.54, 1.807) is 7.11 Å². The van der Waals surface area contributed by atoms with Gasteiger partial charge in [0.15, 0.2) is 5.76 Å². The number of hydrogen-bond acceptors (Lipinski definition) is 4. The van der Waals surface area contributed by atoms with Crippen molar-refractivity contribution in [2.24, 2.45) is 4.99 Å². The van der Waals surface area contributed by atoms with E-state index in [9.17, 15) is 5.11 Å². The lowest BCUT2D eigenvalue weighted by Gasteiger charge is -2.08. The molecule has 0 aliphatic carbocycles. The Morgan fingerprint density at radius 1 is 1.21 bits per heavy atom. The van der Waals surface area contributed by atoms with E-state index in [2.05, 4.69) is 40.4 Å². The first kappa shape index (κ1) is 19.2. The highest BCUT2D eigenvalue weighted by atomic mass is 16.5. The van der Waals surface area contributed by atoms with Gasteiger partial charge in [-0.15, -0.1) is 0 Å². The van der Waals surface area contributed by atoms with Gasteiger partial charge >= 0.3 is 0 Å². The molecule has 6 nitrogen and oxygen atoms in total. The number of aromatic amines is 2. The van der Waals surface area contributed by atoms with Crippen LogP contribution < -0.4 is 5.32 Å². The molecule has 1 aromatic carbocycles. The molecule has 0 atom stereocenters. The van der Waals surface area contributed by atoms with E-state index in [0.717, 1.165) is 44.8 Å². The quantitative estimate of drug-likeness (QED) is 0.519. The van der Waals surface area contributed by atoms with Crippen LogP contribution >= 0.6 is 0 Å². The number of fused-ring (bicyclic) bond motifs is 1. The van der Waals surface area contributed by atoms with Crippen LogP contribution in [-0.4, -0.2) is 41.6 Å². The second-order valence-corrected chi connectivity index (χ2v) is 7.26. The molecule has 0 radical (unpaired) electrons. The molecule has 6 heteroatoms. The number of nitrogens with zero attached hydrogens (tertiary/aromatic N) is 1. The predicted octanol–water partition coefficient (Wildman–Crippen LogP) is 3.57. The van der Waals surface area contributed by atoms with Gasteiger partial charge in [0.25, 0.3) is 0 Å². The number of benzene rings is 1. The minimum Gasteiger partial charge on any atom is -0.494 e. The highest BCUT2D eigenvalue weighted by Crippen LogP contribution is 2.33. The van der Waals surface area contributed by atoms with Crippen molar-refractivity contribution >= 4 is 22.7 Å². The first-order valence-corrected chi connectivity index (χ1v) is 9.67. The molecule has 0 spiro atoms. The number of H-pyrrole nitrogens is 2. The molecule has 4 N–H and O–H groups in total. The Balaban J connectivity index is 1.91. The number of nitrogens with one attached hydrogen (secondary N) is 3. The molecule has 4 rings (SSSR count). The van der Waals surface area contributed by atoms with E-state index in [-0.39, 0.29) is 6.61 Å². The van der Waals surface area contributed by atoms with E-state index in [1.807, 2.05) is 32.2 Å². The number of aliphatic hydroxyl groups is 1. The molecule has 1 aliphatic heterocycles. The molecular weight excluding hydrogens is 364 g/mol. The van der Waals surface area contributed by atoms with Crippen LogP contribution in [0.3, 0.4) is 0 Å². The topological polar surface area (TPSA) is 85.4 Å². The maximum absolute atomic E-state index is 10.2. The number of rotatable bonds is 6. The monoisotopic (exact) mass is 390 g/mol. The van der Waals surface area contributed by atoms with Crippen LogP contribution in [0, 0.1) is 13.8 Å². The van der Waals surface area contributed by atoms with Crippen molar-refractivity contribution in [3.05, 3.63) is 75.6 Å². The van der Waals surface area contributed by atoms with E-state index in [4.69, 9.17) is 9.73 Å². The molecule has 150 valence electrons. The zero-order valence-corrected chi connectivity index (χ0v) is 17.2. The Labute approximate surface area is 170 Å².